The fourth-order valence-electron chi connectivity index (χ4n) is 2.59. The molecule has 0 unspecified atom stereocenters. The molecule has 0 bridgehead atoms. The molecule has 2 nitrogen and oxygen atoms in total. The van der Waals surface area contributed by atoms with Crippen molar-refractivity contribution in [2.45, 2.75) is 18.3 Å². The summed E-state index contributed by atoms with van der Waals surface area (Å²) in [5.74, 6) is 2.07. The number of carbonyl (C=O) groups excluding carboxylic acids is 1. The highest BCUT2D eigenvalue weighted by Gasteiger charge is 2.52. The molecule has 1 saturated heterocycles. The van der Waals surface area contributed by atoms with E-state index in [9.17, 15) is 9.18 Å². The van der Waals surface area contributed by atoms with Crippen molar-refractivity contribution >= 4 is 17.7 Å². The molecule has 1 amide bonds. The zero-order valence-electron chi connectivity index (χ0n) is 10.2. The van der Waals surface area contributed by atoms with Crippen molar-refractivity contribution in [3.8, 4) is 0 Å². The SMILES string of the molecule is O=C(N1CCSCC1)C1(c2ccc(F)cc2)CC1. The van der Waals surface area contributed by atoms with Gasteiger partial charge in [-0.25, -0.2) is 4.39 Å². The zero-order chi connectivity index (χ0) is 12.6. The lowest BCUT2D eigenvalue weighted by atomic mass is 9.94. The van der Waals surface area contributed by atoms with Gasteiger partial charge < -0.3 is 4.90 Å². The molecule has 2 aliphatic rings. The van der Waals surface area contributed by atoms with E-state index in [0.717, 1.165) is 43.0 Å². The highest BCUT2D eigenvalue weighted by molar-refractivity contribution is 7.99. The van der Waals surface area contributed by atoms with Gasteiger partial charge in [-0.3, -0.25) is 4.79 Å². The number of hydrogen-bond donors (Lipinski definition) is 0. The predicted molar refractivity (Wildman–Crippen MR) is 71.2 cm³/mol. The molecule has 1 heterocycles. The van der Waals surface area contributed by atoms with Gasteiger partial charge in [-0.2, -0.15) is 11.8 Å². The van der Waals surface area contributed by atoms with Gasteiger partial charge in [0.15, 0.2) is 0 Å². The normalized spacial score (nSPS) is 21.7. The van der Waals surface area contributed by atoms with Crippen LogP contribution in [0.15, 0.2) is 24.3 Å². The van der Waals surface area contributed by atoms with Crippen LogP contribution in [0.5, 0.6) is 0 Å². The summed E-state index contributed by atoms with van der Waals surface area (Å²) in [7, 11) is 0. The smallest absolute Gasteiger partial charge is 0.233 e. The van der Waals surface area contributed by atoms with Crippen LogP contribution in [-0.4, -0.2) is 35.4 Å². The minimum absolute atomic E-state index is 0.239. The van der Waals surface area contributed by atoms with Crippen molar-refractivity contribution in [3.05, 3.63) is 35.6 Å². The van der Waals surface area contributed by atoms with Crippen LogP contribution >= 0.6 is 11.8 Å². The molecule has 4 heteroatoms. The molecule has 1 aliphatic carbocycles. The fourth-order valence-corrected chi connectivity index (χ4v) is 3.49. The van der Waals surface area contributed by atoms with Crippen LogP contribution in [0, 0.1) is 5.82 Å². The second-order valence-corrected chi connectivity index (χ2v) is 6.22. The van der Waals surface area contributed by atoms with Crippen LogP contribution in [0.4, 0.5) is 4.39 Å². The van der Waals surface area contributed by atoms with Crippen LogP contribution in [0.1, 0.15) is 18.4 Å². The number of carbonyl (C=O) groups is 1. The van der Waals surface area contributed by atoms with Crippen LogP contribution in [-0.2, 0) is 10.2 Å². The quantitative estimate of drug-likeness (QED) is 0.818. The zero-order valence-corrected chi connectivity index (χ0v) is 11.0. The van der Waals surface area contributed by atoms with Crippen molar-refractivity contribution < 1.29 is 9.18 Å². The molecule has 0 N–H and O–H groups in total. The monoisotopic (exact) mass is 265 g/mol. The number of amides is 1. The Hall–Kier alpha value is -1.03. The Bertz CT molecular complexity index is 449. The maximum atomic E-state index is 13.0. The van der Waals surface area contributed by atoms with Gasteiger partial charge >= 0.3 is 0 Å². The molecule has 0 aromatic heterocycles. The molecule has 1 saturated carbocycles. The summed E-state index contributed by atoms with van der Waals surface area (Å²) < 4.78 is 13.0. The summed E-state index contributed by atoms with van der Waals surface area (Å²) in [5.41, 5.74) is 0.641. The first-order valence-corrected chi connectivity index (χ1v) is 7.51. The lowest BCUT2D eigenvalue weighted by Gasteiger charge is -2.30. The number of hydrogen-bond acceptors (Lipinski definition) is 2. The van der Waals surface area contributed by atoms with Crippen LogP contribution in [0.25, 0.3) is 0 Å². The van der Waals surface area contributed by atoms with Gasteiger partial charge in [-0.1, -0.05) is 12.1 Å². The molecule has 3 rings (SSSR count). The van der Waals surface area contributed by atoms with Crippen molar-refractivity contribution in [1.29, 1.82) is 0 Å². The Balaban J connectivity index is 1.81. The molecule has 0 atom stereocenters. The first-order valence-electron chi connectivity index (χ1n) is 6.35. The minimum atomic E-state index is -0.338. The Kier molecular flexibility index (Phi) is 3.06. The second kappa shape index (κ2) is 4.57. The maximum absolute atomic E-state index is 13.0. The summed E-state index contributed by atoms with van der Waals surface area (Å²) in [5, 5.41) is 0. The first kappa shape index (κ1) is 12.0. The number of benzene rings is 1. The average Bonchev–Trinajstić information content (AvgIpc) is 3.21. The highest BCUT2D eigenvalue weighted by Crippen LogP contribution is 2.49. The lowest BCUT2D eigenvalue weighted by molar-refractivity contribution is -0.133. The third kappa shape index (κ3) is 2.03. The molecule has 0 spiro atoms. The van der Waals surface area contributed by atoms with Crippen molar-refractivity contribution in [3.63, 3.8) is 0 Å². The number of rotatable bonds is 2. The molecular formula is C14H16FNOS. The Morgan fingerprint density at radius 3 is 2.33 bits per heavy atom. The summed E-state index contributed by atoms with van der Waals surface area (Å²) in [6.45, 7) is 1.71. The van der Waals surface area contributed by atoms with Gasteiger partial charge in [0.05, 0.1) is 5.41 Å². The van der Waals surface area contributed by atoms with Gasteiger partial charge in [0, 0.05) is 24.6 Å². The number of halogens is 1. The number of thioether (sulfide) groups is 1. The standard InChI is InChI=1S/C14H16FNOS/c15-12-3-1-11(2-4-12)14(5-6-14)13(17)16-7-9-18-10-8-16/h1-4H,5-10H2. The molecule has 2 fully saturated rings. The largest absolute Gasteiger partial charge is 0.340 e. The van der Waals surface area contributed by atoms with E-state index in [2.05, 4.69) is 0 Å². The Morgan fingerprint density at radius 1 is 1.17 bits per heavy atom. The van der Waals surface area contributed by atoms with Gasteiger partial charge in [0.1, 0.15) is 5.82 Å². The van der Waals surface area contributed by atoms with E-state index >= 15 is 0 Å². The summed E-state index contributed by atoms with van der Waals surface area (Å²) >= 11 is 1.90. The molecule has 0 radical (unpaired) electrons. The Labute approximate surface area is 111 Å². The molecule has 96 valence electrons. The summed E-state index contributed by atoms with van der Waals surface area (Å²) in [6, 6.07) is 6.43. The van der Waals surface area contributed by atoms with E-state index in [1.54, 1.807) is 12.1 Å². The molecule has 1 aromatic carbocycles. The van der Waals surface area contributed by atoms with E-state index in [0.29, 0.717) is 0 Å². The van der Waals surface area contributed by atoms with E-state index in [1.807, 2.05) is 16.7 Å². The first-order chi connectivity index (χ1) is 8.72. The van der Waals surface area contributed by atoms with Gasteiger partial charge in [-0.15, -0.1) is 0 Å². The van der Waals surface area contributed by atoms with E-state index in [4.69, 9.17) is 0 Å². The Morgan fingerprint density at radius 2 is 1.78 bits per heavy atom. The van der Waals surface area contributed by atoms with Crippen LogP contribution < -0.4 is 0 Å². The van der Waals surface area contributed by atoms with E-state index < -0.39 is 0 Å². The van der Waals surface area contributed by atoms with E-state index in [1.165, 1.54) is 12.1 Å². The lowest BCUT2D eigenvalue weighted by Crippen LogP contribution is -2.43. The topological polar surface area (TPSA) is 20.3 Å². The minimum Gasteiger partial charge on any atom is -0.340 e. The highest BCUT2D eigenvalue weighted by atomic mass is 32.2. The molecular weight excluding hydrogens is 249 g/mol. The third-order valence-electron chi connectivity index (χ3n) is 3.85. The third-order valence-corrected chi connectivity index (χ3v) is 4.80. The van der Waals surface area contributed by atoms with Gasteiger partial charge in [0.2, 0.25) is 5.91 Å². The fraction of sp³-hybridized carbons (Fsp3) is 0.500. The van der Waals surface area contributed by atoms with Gasteiger partial charge in [-0.05, 0) is 30.5 Å². The van der Waals surface area contributed by atoms with Gasteiger partial charge in [0.25, 0.3) is 0 Å². The molecule has 18 heavy (non-hydrogen) atoms. The molecule has 1 aromatic rings. The number of nitrogens with zero attached hydrogens (tertiary/aromatic N) is 1. The average molecular weight is 265 g/mol. The van der Waals surface area contributed by atoms with Crippen LogP contribution in [0.2, 0.25) is 0 Å². The van der Waals surface area contributed by atoms with Crippen molar-refractivity contribution in [2.75, 3.05) is 24.6 Å². The molecule has 1 aliphatic heterocycles. The summed E-state index contributed by atoms with van der Waals surface area (Å²) in [4.78, 5) is 14.6. The maximum Gasteiger partial charge on any atom is 0.233 e. The van der Waals surface area contributed by atoms with Crippen LogP contribution in [0.3, 0.4) is 0 Å². The van der Waals surface area contributed by atoms with Crippen molar-refractivity contribution in [1.82, 2.24) is 4.90 Å². The van der Waals surface area contributed by atoms with E-state index in [-0.39, 0.29) is 17.1 Å². The predicted octanol–water partition coefficient (Wildman–Crippen LogP) is 2.43. The van der Waals surface area contributed by atoms with Crippen molar-refractivity contribution in [2.24, 2.45) is 0 Å². The summed E-state index contributed by atoms with van der Waals surface area (Å²) in [6.07, 6.45) is 1.81. The second-order valence-electron chi connectivity index (χ2n) is 4.99.